The fourth-order valence-electron chi connectivity index (χ4n) is 1.41. The Kier molecular flexibility index (Phi) is 2.34. The molecule has 0 saturated carbocycles. The van der Waals surface area contributed by atoms with Crippen molar-refractivity contribution in [2.45, 2.75) is 26.2 Å². The average Bonchev–Trinajstić information content (AvgIpc) is 1.90. The third kappa shape index (κ3) is 2.29. The van der Waals surface area contributed by atoms with Crippen LogP contribution in [0.4, 0.5) is 0 Å². The molecule has 0 aromatic heterocycles. The van der Waals surface area contributed by atoms with Crippen LogP contribution in [0.15, 0.2) is 0 Å². The lowest BCUT2D eigenvalue weighted by atomic mass is 10.1. The second-order valence-electron chi connectivity index (χ2n) is 3.22. The van der Waals surface area contributed by atoms with Gasteiger partial charge in [0, 0.05) is 0 Å². The molecule has 1 heterocycles. The molecule has 0 spiro atoms. The molecule has 0 radical (unpaired) electrons. The zero-order valence-electron chi connectivity index (χ0n) is 6.34. The summed E-state index contributed by atoms with van der Waals surface area (Å²) in [6.07, 6.45) is 3.03. The standard InChI is InChI=1S/C7H14O2S/c1-7-4-2-3-5-10(8,9)6-7/h7H,2-6H2,1H3. The van der Waals surface area contributed by atoms with E-state index in [0.717, 1.165) is 19.3 Å². The Morgan fingerprint density at radius 1 is 1.30 bits per heavy atom. The molecule has 1 fully saturated rings. The van der Waals surface area contributed by atoms with Gasteiger partial charge in [0.2, 0.25) is 0 Å². The van der Waals surface area contributed by atoms with Gasteiger partial charge in [-0.25, -0.2) is 8.42 Å². The summed E-state index contributed by atoms with van der Waals surface area (Å²) in [7, 11) is -2.67. The molecule has 1 aliphatic rings. The summed E-state index contributed by atoms with van der Waals surface area (Å²) >= 11 is 0. The number of rotatable bonds is 0. The Labute approximate surface area is 62.5 Å². The van der Waals surface area contributed by atoms with E-state index in [9.17, 15) is 8.42 Å². The molecule has 0 aromatic rings. The summed E-state index contributed by atoms with van der Waals surface area (Å²) in [5.74, 6) is 1.21. The van der Waals surface area contributed by atoms with E-state index in [0.29, 0.717) is 17.4 Å². The van der Waals surface area contributed by atoms with Crippen LogP contribution < -0.4 is 0 Å². The lowest BCUT2D eigenvalue weighted by molar-refractivity contribution is 0.556. The van der Waals surface area contributed by atoms with Crippen molar-refractivity contribution in [2.75, 3.05) is 11.5 Å². The Balaban J connectivity index is 2.64. The Morgan fingerprint density at radius 3 is 2.70 bits per heavy atom. The molecule has 1 aliphatic heterocycles. The highest BCUT2D eigenvalue weighted by Crippen LogP contribution is 2.16. The van der Waals surface area contributed by atoms with Gasteiger partial charge in [-0.1, -0.05) is 13.3 Å². The van der Waals surface area contributed by atoms with Crippen molar-refractivity contribution in [3.8, 4) is 0 Å². The normalized spacial score (nSPS) is 33.1. The maximum atomic E-state index is 11.1. The second-order valence-corrected chi connectivity index (χ2v) is 5.44. The highest BCUT2D eigenvalue weighted by Gasteiger charge is 2.18. The zero-order valence-corrected chi connectivity index (χ0v) is 7.15. The van der Waals surface area contributed by atoms with Gasteiger partial charge >= 0.3 is 0 Å². The first-order valence-corrected chi connectivity index (χ1v) is 5.63. The molecule has 0 N–H and O–H groups in total. The van der Waals surface area contributed by atoms with Crippen LogP contribution in [-0.2, 0) is 9.84 Å². The van der Waals surface area contributed by atoms with E-state index in [1.807, 2.05) is 6.92 Å². The summed E-state index contributed by atoms with van der Waals surface area (Å²) in [4.78, 5) is 0. The monoisotopic (exact) mass is 162 g/mol. The molecule has 1 saturated heterocycles. The van der Waals surface area contributed by atoms with E-state index < -0.39 is 9.84 Å². The van der Waals surface area contributed by atoms with E-state index in [1.165, 1.54) is 0 Å². The van der Waals surface area contributed by atoms with Crippen molar-refractivity contribution < 1.29 is 8.42 Å². The first-order valence-electron chi connectivity index (χ1n) is 3.80. The maximum Gasteiger partial charge on any atom is 0.150 e. The van der Waals surface area contributed by atoms with Crippen LogP contribution in [0.1, 0.15) is 26.2 Å². The summed E-state index contributed by atoms with van der Waals surface area (Å²) in [6, 6.07) is 0. The molecular formula is C7H14O2S. The predicted octanol–water partition coefficient (Wildman–Crippen LogP) is 1.22. The molecule has 0 amide bonds. The van der Waals surface area contributed by atoms with Crippen LogP contribution in [0.25, 0.3) is 0 Å². The first kappa shape index (κ1) is 8.05. The van der Waals surface area contributed by atoms with Crippen LogP contribution in [0.2, 0.25) is 0 Å². The van der Waals surface area contributed by atoms with E-state index in [2.05, 4.69) is 0 Å². The molecule has 0 aromatic carbocycles. The van der Waals surface area contributed by atoms with Gasteiger partial charge < -0.3 is 0 Å². The Hall–Kier alpha value is -0.0500. The van der Waals surface area contributed by atoms with Gasteiger partial charge in [0.15, 0.2) is 9.84 Å². The molecular weight excluding hydrogens is 148 g/mol. The van der Waals surface area contributed by atoms with Gasteiger partial charge in [0.1, 0.15) is 0 Å². The summed E-state index contributed by atoms with van der Waals surface area (Å²) in [5.41, 5.74) is 0. The Morgan fingerprint density at radius 2 is 2.00 bits per heavy atom. The van der Waals surface area contributed by atoms with Crippen molar-refractivity contribution in [3.05, 3.63) is 0 Å². The smallest absolute Gasteiger partial charge is 0.150 e. The second kappa shape index (κ2) is 2.91. The molecule has 10 heavy (non-hydrogen) atoms. The van der Waals surface area contributed by atoms with Crippen LogP contribution in [0.3, 0.4) is 0 Å². The van der Waals surface area contributed by atoms with E-state index in [1.54, 1.807) is 0 Å². The summed E-state index contributed by atoms with van der Waals surface area (Å²) in [6.45, 7) is 2.02. The van der Waals surface area contributed by atoms with Gasteiger partial charge in [0.05, 0.1) is 11.5 Å². The number of hydrogen-bond donors (Lipinski definition) is 0. The molecule has 1 unspecified atom stereocenters. The number of sulfone groups is 1. The molecule has 0 aliphatic carbocycles. The fraction of sp³-hybridized carbons (Fsp3) is 1.00. The lowest BCUT2D eigenvalue weighted by Crippen LogP contribution is -2.13. The van der Waals surface area contributed by atoms with Crippen molar-refractivity contribution >= 4 is 9.84 Å². The lowest BCUT2D eigenvalue weighted by Gasteiger charge is -2.03. The van der Waals surface area contributed by atoms with Gasteiger partial charge in [-0.05, 0) is 18.8 Å². The largest absolute Gasteiger partial charge is 0.229 e. The molecule has 2 nitrogen and oxygen atoms in total. The third-order valence-corrected chi connectivity index (χ3v) is 3.93. The molecule has 60 valence electrons. The van der Waals surface area contributed by atoms with Gasteiger partial charge in [-0.15, -0.1) is 0 Å². The highest BCUT2D eigenvalue weighted by atomic mass is 32.2. The van der Waals surface area contributed by atoms with Crippen molar-refractivity contribution in [1.82, 2.24) is 0 Å². The third-order valence-electron chi connectivity index (χ3n) is 1.94. The van der Waals surface area contributed by atoms with Crippen LogP contribution >= 0.6 is 0 Å². The highest BCUT2D eigenvalue weighted by molar-refractivity contribution is 7.91. The van der Waals surface area contributed by atoms with Crippen LogP contribution in [-0.4, -0.2) is 19.9 Å². The average molecular weight is 162 g/mol. The summed E-state index contributed by atoms with van der Waals surface area (Å²) in [5, 5.41) is 0. The predicted molar refractivity (Wildman–Crippen MR) is 41.7 cm³/mol. The molecule has 3 heteroatoms. The summed E-state index contributed by atoms with van der Waals surface area (Å²) < 4.78 is 22.2. The van der Waals surface area contributed by atoms with E-state index in [4.69, 9.17) is 0 Å². The minimum Gasteiger partial charge on any atom is -0.229 e. The Bertz CT molecular complexity index is 194. The molecule has 0 bridgehead atoms. The van der Waals surface area contributed by atoms with Gasteiger partial charge in [-0.3, -0.25) is 0 Å². The topological polar surface area (TPSA) is 34.1 Å². The minimum absolute atomic E-state index is 0.382. The SMILES string of the molecule is CC1CCCCS(=O)(=O)C1. The van der Waals surface area contributed by atoms with E-state index >= 15 is 0 Å². The van der Waals surface area contributed by atoms with Crippen LogP contribution in [0, 0.1) is 5.92 Å². The maximum absolute atomic E-state index is 11.1. The van der Waals surface area contributed by atoms with Crippen molar-refractivity contribution in [3.63, 3.8) is 0 Å². The number of hydrogen-bond acceptors (Lipinski definition) is 2. The van der Waals surface area contributed by atoms with Crippen molar-refractivity contribution in [1.29, 1.82) is 0 Å². The molecule has 1 rings (SSSR count). The quantitative estimate of drug-likeness (QED) is 0.536. The van der Waals surface area contributed by atoms with Gasteiger partial charge in [-0.2, -0.15) is 0 Å². The zero-order chi connectivity index (χ0) is 7.61. The van der Waals surface area contributed by atoms with Crippen molar-refractivity contribution in [2.24, 2.45) is 5.92 Å². The van der Waals surface area contributed by atoms with Gasteiger partial charge in [0.25, 0.3) is 0 Å². The molecule has 1 atom stereocenters. The minimum atomic E-state index is -2.67. The first-order chi connectivity index (χ1) is 4.60. The fourth-order valence-corrected chi connectivity index (χ4v) is 3.26. The van der Waals surface area contributed by atoms with Crippen LogP contribution in [0.5, 0.6) is 0 Å². The van der Waals surface area contributed by atoms with E-state index in [-0.39, 0.29) is 0 Å².